The van der Waals surface area contributed by atoms with Gasteiger partial charge in [-0.3, -0.25) is 0 Å². The Hall–Kier alpha value is -1.52. The molecule has 0 aromatic rings. The number of carbonyl (C=O) groups excluding carboxylic acids is 2. The van der Waals surface area contributed by atoms with E-state index < -0.39 is 17.2 Å². The van der Waals surface area contributed by atoms with E-state index in [-0.39, 0.29) is 5.97 Å². The Bertz CT molecular complexity index is 340. The number of alkyl carbamates (subject to hydrolysis) is 1. The highest BCUT2D eigenvalue weighted by atomic mass is 16.8. The highest BCUT2D eigenvalue weighted by molar-refractivity contribution is 5.81. The molecule has 0 atom stereocenters. The fourth-order valence-corrected chi connectivity index (χ4v) is 1.27. The molecule has 0 aliphatic heterocycles. The Balaban J connectivity index is 4.25. The fraction of sp³-hybridized carbons (Fsp3) is 0.714. The van der Waals surface area contributed by atoms with E-state index in [0.29, 0.717) is 13.0 Å². The predicted octanol–water partition coefficient (Wildman–Crippen LogP) is 2.80. The normalized spacial score (nSPS) is 12.3. The molecule has 1 amide bonds. The Morgan fingerprint density at radius 1 is 1.26 bits per heavy atom. The van der Waals surface area contributed by atoms with E-state index in [1.807, 2.05) is 13.8 Å². The highest BCUT2D eigenvalue weighted by Crippen LogP contribution is 2.12. The molecule has 1 N–H and O–H groups in total. The number of hydrogen-bond donors (Lipinski definition) is 1. The molecule has 0 saturated carbocycles. The predicted molar refractivity (Wildman–Crippen MR) is 73.8 cm³/mol. The minimum absolute atomic E-state index is 0.350. The molecule has 5 heteroatoms. The summed E-state index contributed by atoms with van der Waals surface area (Å²) in [5.41, 5.74) is -1.02. The molecular weight excluding hydrogens is 248 g/mol. The van der Waals surface area contributed by atoms with Crippen LogP contribution in [0.3, 0.4) is 0 Å². The first-order chi connectivity index (χ1) is 8.56. The molecule has 0 aromatic heterocycles. The van der Waals surface area contributed by atoms with Gasteiger partial charge < -0.3 is 14.8 Å². The van der Waals surface area contributed by atoms with Gasteiger partial charge in [0, 0.05) is 11.6 Å². The third kappa shape index (κ3) is 10.1. The standard InChI is InChI=1S/C14H25NO4/c1-7-18-11(16)9-8-10-14(5,6)15-12(17)19-13(2,3)4/h8-9H,7,10H2,1-6H3,(H,15,17)/b9-8+/i11+2. The van der Waals surface area contributed by atoms with Gasteiger partial charge >= 0.3 is 12.1 Å². The molecule has 0 heterocycles. The molecule has 0 bridgehead atoms. The van der Waals surface area contributed by atoms with Crippen molar-refractivity contribution in [1.82, 2.24) is 5.32 Å². The van der Waals surface area contributed by atoms with Gasteiger partial charge in [-0.25, -0.2) is 9.59 Å². The van der Waals surface area contributed by atoms with Crippen LogP contribution in [0.2, 0.25) is 0 Å². The number of carbonyl (C=O) groups is 2. The smallest absolute Gasteiger partial charge is 0.408 e. The van der Waals surface area contributed by atoms with E-state index in [1.165, 1.54) is 6.08 Å². The van der Waals surface area contributed by atoms with Crippen LogP contribution in [0.15, 0.2) is 12.2 Å². The van der Waals surface area contributed by atoms with Crippen LogP contribution in [0.5, 0.6) is 0 Å². The van der Waals surface area contributed by atoms with Crippen molar-refractivity contribution in [2.75, 3.05) is 6.61 Å². The van der Waals surface area contributed by atoms with Crippen LogP contribution >= 0.6 is 0 Å². The van der Waals surface area contributed by atoms with Crippen molar-refractivity contribution in [3.8, 4) is 0 Å². The summed E-state index contributed by atoms with van der Waals surface area (Å²) in [6, 6.07) is 0. The summed E-state index contributed by atoms with van der Waals surface area (Å²) in [6.45, 7) is 11.2. The quantitative estimate of drug-likeness (QED) is 0.618. The maximum absolute atomic E-state index is 11.6. The van der Waals surface area contributed by atoms with E-state index in [2.05, 4.69) is 5.32 Å². The lowest BCUT2D eigenvalue weighted by atomic mass is 10.0. The molecule has 0 radical (unpaired) electrons. The van der Waals surface area contributed by atoms with Crippen molar-refractivity contribution >= 4 is 12.1 Å². The molecule has 0 aliphatic rings. The van der Waals surface area contributed by atoms with Crippen molar-refractivity contribution in [2.45, 2.75) is 59.1 Å². The summed E-state index contributed by atoms with van der Waals surface area (Å²) < 4.78 is 9.94. The number of nitrogens with one attached hydrogen (secondary N) is 1. The van der Waals surface area contributed by atoms with Gasteiger partial charge in [0.15, 0.2) is 0 Å². The Morgan fingerprint density at radius 3 is 2.32 bits per heavy atom. The Morgan fingerprint density at radius 2 is 1.84 bits per heavy atom. The molecule has 19 heavy (non-hydrogen) atoms. The summed E-state index contributed by atoms with van der Waals surface area (Å²) >= 11 is 0. The third-order valence-electron chi connectivity index (χ3n) is 2.01. The molecule has 110 valence electrons. The maximum atomic E-state index is 11.6. The average molecular weight is 273 g/mol. The monoisotopic (exact) mass is 273 g/mol. The summed E-state index contributed by atoms with van der Waals surface area (Å²) in [4.78, 5) is 22.7. The number of rotatable bonds is 5. The van der Waals surface area contributed by atoms with Crippen molar-refractivity contribution in [2.24, 2.45) is 0 Å². The van der Waals surface area contributed by atoms with Gasteiger partial charge in [-0.15, -0.1) is 0 Å². The van der Waals surface area contributed by atoms with E-state index in [0.717, 1.165) is 0 Å². The van der Waals surface area contributed by atoms with Crippen molar-refractivity contribution < 1.29 is 19.1 Å². The molecule has 0 aliphatic carbocycles. The van der Waals surface area contributed by atoms with Crippen LogP contribution in [-0.2, 0) is 14.3 Å². The van der Waals surface area contributed by atoms with Crippen molar-refractivity contribution in [3.05, 3.63) is 12.2 Å². The largest absolute Gasteiger partial charge is 0.463 e. The van der Waals surface area contributed by atoms with Crippen LogP contribution < -0.4 is 5.32 Å². The van der Waals surface area contributed by atoms with Gasteiger partial charge in [0.1, 0.15) is 5.60 Å². The van der Waals surface area contributed by atoms with E-state index >= 15 is 0 Å². The van der Waals surface area contributed by atoms with Crippen LogP contribution in [0.4, 0.5) is 4.79 Å². The Labute approximate surface area is 115 Å². The minimum atomic E-state index is -0.527. The van der Waals surface area contributed by atoms with E-state index in [4.69, 9.17) is 9.47 Å². The van der Waals surface area contributed by atoms with Crippen LogP contribution in [0.1, 0.15) is 48.0 Å². The summed E-state index contributed by atoms with van der Waals surface area (Å²) in [7, 11) is 0. The maximum Gasteiger partial charge on any atom is 0.408 e. The third-order valence-corrected chi connectivity index (χ3v) is 2.01. The van der Waals surface area contributed by atoms with Crippen LogP contribution in [-0.4, -0.2) is 29.8 Å². The average Bonchev–Trinajstić information content (AvgIpc) is 2.12. The number of esters is 1. The van der Waals surface area contributed by atoms with Crippen LogP contribution in [0, 0.1) is 0 Å². The second-order valence-electron chi connectivity index (χ2n) is 5.87. The lowest BCUT2D eigenvalue weighted by molar-refractivity contribution is -0.137. The van der Waals surface area contributed by atoms with E-state index in [1.54, 1.807) is 33.8 Å². The van der Waals surface area contributed by atoms with E-state index in [9.17, 15) is 9.59 Å². The number of amides is 1. The molecule has 0 saturated heterocycles. The van der Waals surface area contributed by atoms with Gasteiger partial charge in [0.2, 0.25) is 0 Å². The SMILES string of the molecule is CCO[14C](=O)/C=C/CC(C)(C)NC(=O)OC(C)(C)C. The van der Waals surface area contributed by atoms with Gasteiger partial charge in [-0.05, 0) is 48.0 Å². The van der Waals surface area contributed by atoms with Gasteiger partial charge in [-0.1, -0.05) is 6.08 Å². The number of ether oxygens (including phenoxy) is 2. The zero-order chi connectivity index (χ0) is 15.1. The van der Waals surface area contributed by atoms with Gasteiger partial charge in [-0.2, -0.15) is 0 Å². The number of hydrogen-bond acceptors (Lipinski definition) is 4. The minimum Gasteiger partial charge on any atom is -0.463 e. The summed E-state index contributed by atoms with van der Waals surface area (Å²) in [5, 5.41) is 2.75. The van der Waals surface area contributed by atoms with Crippen molar-refractivity contribution in [1.29, 1.82) is 0 Å². The zero-order valence-electron chi connectivity index (χ0n) is 12.7. The lowest BCUT2D eigenvalue weighted by Gasteiger charge is -2.27. The van der Waals surface area contributed by atoms with Crippen LogP contribution in [0.25, 0.3) is 0 Å². The molecule has 0 spiro atoms. The first-order valence-corrected chi connectivity index (χ1v) is 6.40. The van der Waals surface area contributed by atoms with Crippen molar-refractivity contribution in [3.63, 3.8) is 0 Å². The Kier molecular flexibility index (Phi) is 6.59. The molecular formula is C14H25NO4. The fourth-order valence-electron chi connectivity index (χ4n) is 1.27. The highest BCUT2D eigenvalue weighted by Gasteiger charge is 2.23. The topological polar surface area (TPSA) is 64.6 Å². The molecule has 0 rings (SSSR count). The van der Waals surface area contributed by atoms with Gasteiger partial charge in [0.25, 0.3) is 0 Å². The second-order valence-corrected chi connectivity index (χ2v) is 5.87. The lowest BCUT2D eigenvalue weighted by Crippen LogP contribution is -2.45. The summed E-state index contributed by atoms with van der Waals surface area (Å²) in [5.74, 6) is -0.379. The molecule has 0 fully saturated rings. The second kappa shape index (κ2) is 7.16. The molecule has 0 aromatic carbocycles. The molecule has 0 unspecified atom stereocenters. The first kappa shape index (κ1) is 17.5. The molecule has 5 nitrogen and oxygen atoms in total. The first-order valence-electron chi connectivity index (χ1n) is 6.40. The zero-order valence-corrected chi connectivity index (χ0v) is 12.7. The van der Waals surface area contributed by atoms with Gasteiger partial charge in [0.05, 0.1) is 6.61 Å². The summed E-state index contributed by atoms with van der Waals surface area (Å²) in [6.07, 6.45) is 3.07.